The van der Waals surface area contributed by atoms with Crippen LogP contribution < -0.4 is 20.7 Å². The fourth-order valence-electron chi connectivity index (χ4n) is 2.34. The van der Waals surface area contributed by atoms with Crippen molar-refractivity contribution in [3.8, 4) is 5.75 Å². The fourth-order valence-corrected chi connectivity index (χ4v) is 2.34. The molecule has 0 radical (unpaired) electrons. The van der Waals surface area contributed by atoms with E-state index in [-0.39, 0.29) is 24.3 Å². The Bertz CT molecular complexity index is 820. The van der Waals surface area contributed by atoms with Crippen LogP contribution in [0.4, 0.5) is 11.4 Å². The molecule has 1 aliphatic rings. The van der Waals surface area contributed by atoms with Crippen molar-refractivity contribution in [2.45, 2.75) is 13.0 Å². The van der Waals surface area contributed by atoms with E-state index < -0.39 is 6.10 Å². The van der Waals surface area contributed by atoms with Gasteiger partial charge in [-0.2, -0.15) is 0 Å². The van der Waals surface area contributed by atoms with E-state index in [0.717, 1.165) is 0 Å². The zero-order chi connectivity index (χ0) is 17.8. The van der Waals surface area contributed by atoms with Gasteiger partial charge in [-0.3, -0.25) is 14.4 Å². The lowest BCUT2D eigenvalue weighted by Gasteiger charge is -2.23. The minimum atomic E-state index is -0.554. The molecule has 1 aliphatic heterocycles. The Hall–Kier alpha value is -3.35. The Morgan fingerprint density at radius 2 is 1.92 bits per heavy atom. The summed E-state index contributed by atoms with van der Waals surface area (Å²) in [5.74, 6) is -0.398. The second-order valence-electron chi connectivity index (χ2n) is 5.56. The molecule has 7 heteroatoms. The number of nitrogens with one attached hydrogen (secondary N) is 3. The standard InChI is InChI=1S/C18H17N3O4/c1-11-17(23)21-14-9-13(7-8-15(14)25-11)20-16(22)10-19-18(24)12-5-3-2-4-6-12/h2-9,11H,10H2,1H3,(H,19,24)(H,20,22)(H,21,23)/t11-/m1/s1. The maximum Gasteiger partial charge on any atom is 0.265 e. The molecule has 128 valence electrons. The molecule has 0 spiro atoms. The van der Waals surface area contributed by atoms with E-state index in [2.05, 4.69) is 16.0 Å². The molecule has 0 aromatic heterocycles. The number of anilines is 2. The number of hydrogen-bond acceptors (Lipinski definition) is 4. The van der Waals surface area contributed by atoms with Gasteiger partial charge in [0.05, 0.1) is 12.2 Å². The van der Waals surface area contributed by atoms with Crippen LogP contribution >= 0.6 is 0 Å². The SMILES string of the molecule is C[C@H]1Oc2ccc(NC(=O)CNC(=O)c3ccccc3)cc2NC1=O. The Labute approximate surface area is 144 Å². The lowest BCUT2D eigenvalue weighted by Crippen LogP contribution is -2.34. The highest BCUT2D eigenvalue weighted by Gasteiger charge is 2.23. The van der Waals surface area contributed by atoms with Gasteiger partial charge in [0.1, 0.15) is 5.75 Å². The molecule has 0 aliphatic carbocycles. The molecule has 3 amide bonds. The van der Waals surface area contributed by atoms with Crippen LogP contribution in [0.15, 0.2) is 48.5 Å². The molecule has 0 fully saturated rings. The lowest BCUT2D eigenvalue weighted by molar-refractivity contribution is -0.122. The molecule has 2 aromatic carbocycles. The predicted molar refractivity (Wildman–Crippen MR) is 92.6 cm³/mol. The molecule has 3 N–H and O–H groups in total. The van der Waals surface area contributed by atoms with Crippen molar-refractivity contribution >= 4 is 29.1 Å². The van der Waals surface area contributed by atoms with Crippen LogP contribution in [0, 0.1) is 0 Å². The number of fused-ring (bicyclic) bond motifs is 1. The van der Waals surface area contributed by atoms with Crippen molar-refractivity contribution in [2.24, 2.45) is 0 Å². The van der Waals surface area contributed by atoms with E-state index in [1.54, 1.807) is 49.4 Å². The summed E-state index contributed by atoms with van der Waals surface area (Å²) in [6.07, 6.45) is -0.554. The third-order valence-corrected chi connectivity index (χ3v) is 3.64. The van der Waals surface area contributed by atoms with Gasteiger partial charge in [-0.05, 0) is 37.3 Å². The molecule has 0 bridgehead atoms. The summed E-state index contributed by atoms with van der Waals surface area (Å²) in [5, 5.41) is 7.92. The van der Waals surface area contributed by atoms with Gasteiger partial charge in [-0.15, -0.1) is 0 Å². The monoisotopic (exact) mass is 339 g/mol. The van der Waals surface area contributed by atoms with Gasteiger partial charge in [0, 0.05) is 11.3 Å². The highest BCUT2D eigenvalue weighted by Crippen LogP contribution is 2.32. The Kier molecular flexibility index (Phi) is 4.65. The number of ether oxygens (including phenoxy) is 1. The topological polar surface area (TPSA) is 96.5 Å². The Morgan fingerprint density at radius 3 is 2.68 bits per heavy atom. The first-order valence-corrected chi connectivity index (χ1v) is 7.77. The zero-order valence-electron chi connectivity index (χ0n) is 13.5. The van der Waals surface area contributed by atoms with Crippen molar-refractivity contribution in [3.05, 3.63) is 54.1 Å². The van der Waals surface area contributed by atoms with Gasteiger partial charge in [-0.1, -0.05) is 18.2 Å². The average Bonchev–Trinajstić information content (AvgIpc) is 2.61. The van der Waals surface area contributed by atoms with Gasteiger partial charge in [-0.25, -0.2) is 0 Å². The van der Waals surface area contributed by atoms with E-state index in [4.69, 9.17) is 4.74 Å². The summed E-state index contributed by atoms with van der Waals surface area (Å²) in [6, 6.07) is 13.6. The van der Waals surface area contributed by atoms with Crippen molar-refractivity contribution in [3.63, 3.8) is 0 Å². The van der Waals surface area contributed by atoms with Crippen molar-refractivity contribution in [2.75, 3.05) is 17.2 Å². The van der Waals surface area contributed by atoms with Crippen LogP contribution in [0.2, 0.25) is 0 Å². The number of benzene rings is 2. The van der Waals surface area contributed by atoms with Crippen LogP contribution in [-0.4, -0.2) is 30.4 Å². The second kappa shape index (κ2) is 7.04. The molecule has 3 rings (SSSR count). The van der Waals surface area contributed by atoms with Crippen LogP contribution in [0.25, 0.3) is 0 Å². The number of carbonyl (C=O) groups excluding carboxylic acids is 3. The van der Waals surface area contributed by atoms with E-state index in [9.17, 15) is 14.4 Å². The summed E-state index contributed by atoms with van der Waals surface area (Å²) in [7, 11) is 0. The molecule has 1 atom stereocenters. The van der Waals surface area contributed by atoms with Crippen molar-refractivity contribution in [1.82, 2.24) is 5.32 Å². The van der Waals surface area contributed by atoms with Crippen LogP contribution in [-0.2, 0) is 9.59 Å². The summed E-state index contributed by atoms with van der Waals surface area (Å²) < 4.78 is 5.45. The Morgan fingerprint density at radius 1 is 1.16 bits per heavy atom. The summed E-state index contributed by atoms with van der Waals surface area (Å²) in [5.41, 5.74) is 1.48. The van der Waals surface area contributed by atoms with Crippen molar-refractivity contribution in [1.29, 1.82) is 0 Å². The largest absolute Gasteiger partial charge is 0.479 e. The molecular weight excluding hydrogens is 322 g/mol. The third-order valence-electron chi connectivity index (χ3n) is 3.64. The number of amides is 3. The highest BCUT2D eigenvalue weighted by atomic mass is 16.5. The third kappa shape index (κ3) is 3.95. The van der Waals surface area contributed by atoms with E-state index in [1.165, 1.54) is 0 Å². The molecule has 25 heavy (non-hydrogen) atoms. The van der Waals surface area contributed by atoms with E-state index in [1.807, 2.05) is 6.07 Å². The quantitative estimate of drug-likeness (QED) is 0.791. The first-order valence-electron chi connectivity index (χ1n) is 7.77. The molecule has 0 saturated carbocycles. The van der Waals surface area contributed by atoms with Crippen LogP contribution in [0.1, 0.15) is 17.3 Å². The van der Waals surface area contributed by atoms with Gasteiger partial charge < -0.3 is 20.7 Å². The molecule has 7 nitrogen and oxygen atoms in total. The second-order valence-corrected chi connectivity index (χ2v) is 5.56. The van der Waals surface area contributed by atoms with E-state index >= 15 is 0 Å². The van der Waals surface area contributed by atoms with Crippen molar-refractivity contribution < 1.29 is 19.1 Å². The smallest absolute Gasteiger partial charge is 0.265 e. The van der Waals surface area contributed by atoms with Gasteiger partial charge in [0.15, 0.2) is 6.10 Å². The van der Waals surface area contributed by atoms with Gasteiger partial charge in [0.2, 0.25) is 5.91 Å². The first-order chi connectivity index (χ1) is 12.0. The zero-order valence-corrected chi connectivity index (χ0v) is 13.5. The van der Waals surface area contributed by atoms with Crippen LogP contribution in [0.5, 0.6) is 5.75 Å². The fraction of sp³-hybridized carbons (Fsp3) is 0.167. The maximum absolute atomic E-state index is 12.0. The number of hydrogen-bond donors (Lipinski definition) is 3. The molecular formula is C18H17N3O4. The number of carbonyl (C=O) groups is 3. The minimum Gasteiger partial charge on any atom is -0.479 e. The molecule has 1 heterocycles. The molecule has 2 aromatic rings. The molecule has 0 unspecified atom stereocenters. The normalized spacial score (nSPS) is 15.4. The van der Waals surface area contributed by atoms with E-state index in [0.29, 0.717) is 22.7 Å². The predicted octanol–water partition coefficient (Wildman–Crippen LogP) is 1.77. The Balaban J connectivity index is 1.57. The highest BCUT2D eigenvalue weighted by molar-refractivity contribution is 6.01. The summed E-state index contributed by atoms with van der Waals surface area (Å²) in [4.78, 5) is 35.5. The molecule has 0 saturated heterocycles. The maximum atomic E-state index is 12.0. The summed E-state index contributed by atoms with van der Waals surface area (Å²) >= 11 is 0. The average molecular weight is 339 g/mol. The number of rotatable bonds is 4. The van der Waals surface area contributed by atoms with Gasteiger partial charge in [0.25, 0.3) is 11.8 Å². The van der Waals surface area contributed by atoms with Crippen LogP contribution in [0.3, 0.4) is 0 Å². The minimum absolute atomic E-state index is 0.162. The lowest BCUT2D eigenvalue weighted by atomic mass is 10.2. The van der Waals surface area contributed by atoms with Gasteiger partial charge >= 0.3 is 0 Å². The first kappa shape index (κ1) is 16.5. The summed E-state index contributed by atoms with van der Waals surface area (Å²) in [6.45, 7) is 1.49.